The third-order valence-electron chi connectivity index (χ3n) is 2.39. The van der Waals surface area contributed by atoms with Crippen LogP contribution in [0.15, 0.2) is 15.6 Å². The second-order valence-corrected chi connectivity index (χ2v) is 4.32. The first-order valence-electron chi connectivity index (χ1n) is 4.64. The zero-order valence-electron chi connectivity index (χ0n) is 7.99. The van der Waals surface area contributed by atoms with E-state index >= 15 is 0 Å². The molecule has 0 aromatic rings. The quantitative estimate of drug-likeness (QED) is 0.715. The molecule has 0 saturated heterocycles. The summed E-state index contributed by atoms with van der Waals surface area (Å²) in [6.45, 7) is 3.57. The first-order valence-corrected chi connectivity index (χ1v) is 5.46. The van der Waals surface area contributed by atoms with Crippen LogP contribution in [0, 0.1) is 0 Å². The van der Waals surface area contributed by atoms with E-state index in [0.717, 1.165) is 36.8 Å². The lowest BCUT2D eigenvalue weighted by Crippen LogP contribution is -2.23. The van der Waals surface area contributed by atoms with Gasteiger partial charge in [-0.25, -0.2) is 4.79 Å². The van der Waals surface area contributed by atoms with Crippen LogP contribution in [-0.2, 0) is 4.79 Å². The van der Waals surface area contributed by atoms with E-state index in [1.54, 1.807) is 0 Å². The van der Waals surface area contributed by atoms with Crippen molar-refractivity contribution in [1.29, 1.82) is 0 Å². The maximum atomic E-state index is 10.9. The first kappa shape index (κ1) is 9.58. The highest BCUT2D eigenvalue weighted by atomic mass is 32.2. The highest BCUT2D eigenvalue weighted by Gasteiger charge is 2.30. The Hall–Kier alpha value is -0.970. The number of nitrogens with zero attached hydrogens (tertiary/aromatic N) is 2. The van der Waals surface area contributed by atoms with E-state index in [1.807, 2.05) is 11.8 Å². The molecule has 76 valence electrons. The smallest absolute Gasteiger partial charge is 0.344 e. The van der Waals surface area contributed by atoms with E-state index in [1.165, 1.54) is 11.8 Å². The monoisotopic (exact) mass is 212 g/mol. The van der Waals surface area contributed by atoms with Gasteiger partial charge >= 0.3 is 5.97 Å². The summed E-state index contributed by atoms with van der Waals surface area (Å²) in [5.74, 6) is -0.844. The minimum Gasteiger partial charge on any atom is -0.477 e. The molecule has 5 heteroatoms. The molecule has 14 heavy (non-hydrogen) atoms. The predicted molar refractivity (Wildman–Crippen MR) is 56.2 cm³/mol. The Morgan fingerprint density at radius 1 is 1.57 bits per heavy atom. The summed E-state index contributed by atoms with van der Waals surface area (Å²) in [5, 5.41) is 9.80. The number of hydrogen-bond donors (Lipinski definition) is 1. The van der Waals surface area contributed by atoms with E-state index < -0.39 is 5.97 Å². The number of carbonyl (C=O) groups is 1. The molecular weight excluding hydrogens is 200 g/mol. The molecule has 4 nitrogen and oxygen atoms in total. The summed E-state index contributed by atoms with van der Waals surface area (Å²) in [6, 6.07) is 0. The molecule has 2 aliphatic heterocycles. The van der Waals surface area contributed by atoms with Gasteiger partial charge in [-0.15, -0.1) is 0 Å². The molecule has 0 aliphatic carbocycles. The number of fused-ring (bicyclic) bond motifs is 1. The lowest BCUT2D eigenvalue weighted by molar-refractivity contribution is -0.131. The Morgan fingerprint density at radius 3 is 3.07 bits per heavy atom. The van der Waals surface area contributed by atoms with Crippen LogP contribution in [0.1, 0.15) is 19.8 Å². The fourth-order valence-electron chi connectivity index (χ4n) is 1.62. The number of allylic oxidation sites excluding steroid dienone is 1. The van der Waals surface area contributed by atoms with E-state index in [4.69, 9.17) is 5.11 Å². The lowest BCUT2D eigenvalue weighted by atomic mass is 10.3. The minimum atomic E-state index is -0.844. The number of aliphatic imine (C=N–C) groups is 1. The maximum Gasteiger partial charge on any atom is 0.344 e. The molecule has 0 radical (unpaired) electrons. The lowest BCUT2D eigenvalue weighted by Gasteiger charge is -2.17. The molecule has 0 spiro atoms. The van der Waals surface area contributed by atoms with Crippen molar-refractivity contribution in [2.75, 3.05) is 13.1 Å². The summed E-state index contributed by atoms with van der Waals surface area (Å²) < 4.78 is 0. The summed E-state index contributed by atoms with van der Waals surface area (Å²) in [5.41, 5.74) is 0.836. The fraction of sp³-hybridized carbons (Fsp3) is 0.556. The average Bonchev–Trinajstić information content (AvgIpc) is 2.37. The zero-order chi connectivity index (χ0) is 10.1. The molecule has 0 atom stereocenters. The number of carboxylic acid groups (broad SMARTS) is 1. The molecule has 0 unspecified atom stereocenters. The van der Waals surface area contributed by atoms with Crippen molar-refractivity contribution >= 4 is 22.9 Å². The highest BCUT2D eigenvalue weighted by molar-refractivity contribution is 8.18. The van der Waals surface area contributed by atoms with Crippen LogP contribution in [0.25, 0.3) is 0 Å². The van der Waals surface area contributed by atoms with Gasteiger partial charge in [0, 0.05) is 18.8 Å². The van der Waals surface area contributed by atoms with Crippen molar-refractivity contribution in [2.45, 2.75) is 19.8 Å². The Kier molecular flexibility index (Phi) is 2.50. The largest absolute Gasteiger partial charge is 0.477 e. The maximum absolute atomic E-state index is 10.9. The SMILES string of the molecule is CC1=C(C(=O)O)SC2=NCCCCN21. The highest BCUT2D eigenvalue weighted by Crippen LogP contribution is 2.35. The molecule has 2 aliphatic rings. The Morgan fingerprint density at radius 2 is 2.36 bits per heavy atom. The third-order valence-corrected chi connectivity index (χ3v) is 3.60. The van der Waals surface area contributed by atoms with Crippen LogP contribution in [0.4, 0.5) is 0 Å². The average molecular weight is 212 g/mol. The summed E-state index contributed by atoms with van der Waals surface area (Å²) >= 11 is 1.28. The predicted octanol–water partition coefficient (Wildman–Crippen LogP) is 1.50. The van der Waals surface area contributed by atoms with Gasteiger partial charge in [0.2, 0.25) is 0 Å². The molecule has 0 aromatic heterocycles. The molecule has 2 rings (SSSR count). The van der Waals surface area contributed by atoms with Crippen molar-refractivity contribution in [3.63, 3.8) is 0 Å². The fourth-order valence-corrected chi connectivity index (χ4v) is 2.64. The topological polar surface area (TPSA) is 52.9 Å². The Balaban J connectivity index is 2.29. The summed E-state index contributed by atoms with van der Waals surface area (Å²) in [4.78, 5) is 17.7. The number of thioether (sulfide) groups is 1. The molecule has 0 fully saturated rings. The molecule has 2 heterocycles. The molecule has 0 aromatic carbocycles. The van der Waals surface area contributed by atoms with Crippen LogP contribution in [-0.4, -0.2) is 34.2 Å². The number of hydrogen-bond acceptors (Lipinski definition) is 4. The molecule has 0 bridgehead atoms. The first-order chi connectivity index (χ1) is 6.70. The van der Waals surface area contributed by atoms with Crippen molar-refractivity contribution in [2.24, 2.45) is 4.99 Å². The van der Waals surface area contributed by atoms with Gasteiger partial charge in [0.1, 0.15) is 4.91 Å². The minimum absolute atomic E-state index is 0.422. The van der Waals surface area contributed by atoms with Gasteiger partial charge < -0.3 is 10.0 Å². The third kappa shape index (κ3) is 1.52. The van der Waals surface area contributed by atoms with E-state index in [9.17, 15) is 4.79 Å². The Labute approximate surface area is 86.7 Å². The summed E-state index contributed by atoms with van der Waals surface area (Å²) in [6.07, 6.45) is 2.17. The van der Waals surface area contributed by atoms with Gasteiger partial charge in [-0.3, -0.25) is 4.99 Å². The number of carboxylic acids is 1. The van der Waals surface area contributed by atoms with Crippen molar-refractivity contribution < 1.29 is 9.90 Å². The number of rotatable bonds is 1. The van der Waals surface area contributed by atoms with E-state index in [-0.39, 0.29) is 0 Å². The van der Waals surface area contributed by atoms with Gasteiger partial charge in [-0.2, -0.15) is 0 Å². The normalized spacial score (nSPS) is 21.8. The molecule has 0 saturated carbocycles. The van der Waals surface area contributed by atoms with Crippen LogP contribution < -0.4 is 0 Å². The van der Waals surface area contributed by atoms with E-state index in [0.29, 0.717) is 4.91 Å². The number of aliphatic carboxylic acids is 1. The van der Waals surface area contributed by atoms with Crippen molar-refractivity contribution in [1.82, 2.24) is 4.90 Å². The van der Waals surface area contributed by atoms with Crippen molar-refractivity contribution in [3.05, 3.63) is 10.6 Å². The van der Waals surface area contributed by atoms with Gasteiger partial charge in [0.05, 0.1) is 0 Å². The van der Waals surface area contributed by atoms with Crippen LogP contribution in [0.3, 0.4) is 0 Å². The molecule has 0 amide bonds. The standard InChI is InChI=1S/C9H12N2O2S/c1-6-7(8(12)13)14-9-10-4-2-3-5-11(6)9/h2-5H2,1H3,(H,12,13). The second-order valence-electron chi connectivity index (χ2n) is 3.34. The van der Waals surface area contributed by atoms with Crippen LogP contribution in [0.5, 0.6) is 0 Å². The zero-order valence-corrected chi connectivity index (χ0v) is 8.80. The van der Waals surface area contributed by atoms with Gasteiger partial charge in [-0.05, 0) is 31.5 Å². The Bertz CT molecular complexity index is 336. The molecular formula is C9H12N2O2S. The molecule has 1 N–H and O–H groups in total. The van der Waals surface area contributed by atoms with Gasteiger partial charge in [0.15, 0.2) is 5.17 Å². The van der Waals surface area contributed by atoms with Gasteiger partial charge in [0.25, 0.3) is 0 Å². The van der Waals surface area contributed by atoms with Gasteiger partial charge in [-0.1, -0.05) is 0 Å². The van der Waals surface area contributed by atoms with E-state index in [2.05, 4.69) is 4.99 Å². The van der Waals surface area contributed by atoms with Crippen LogP contribution in [0.2, 0.25) is 0 Å². The second kappa shape index (κ2) is 3.65. The van der Waals surface area contributed by atoms with Crippen LogP contribution >= 0.6 is 11.8 Å². The number of amidine groups is 1. The summed E-state index contributed by atoms with van der Waals surface area (Å²) in [7, 11) is 0. The van der Waals surface area contributed by atoms with Crippen molar-refractivity contribution in [3.8, 4) is 0 Å².